The van der Waals surface area contributed by atoms with Crippen LogP contribution in [0.5, 0.6) is 0 Å². The van der Waals surface area contributed by atoms with Crippen molar-refractivity contribution in [1.82, 2.24) is 19.5 Å². The summed E-state index contributed by atoms with van der Waals surface area (Å²) in [5, 5.41) is 2.90. The van der Waals surface area contributed by atoms with E-state index in [2.05, 4.69) is 19.9 Å². The molecule has 5 rings (SSSR count). The van der Waals surface area contributed by atoms with Crippen LogP contribution in [0.25, 0.3) is 21.7 Å². The normalized spacial score (nSPS) is 15.5. The second-order valence-electron chi connectivity index (χ2n) is 6.92. The van der Waals surface area contributed by atoms with Gasteiger partial charge in [0.25, 0.3) is 5.56 Å². The Morgan fingerprint density at radius 3 is 2.67 bits per heavy atom. The number of para-hydroxylation sites is 1. The second-order valence-corrected chi connectivity index (χ2v) is 6.92. The molecule has 27 heavy (non-hydrogen) atoms. The first kappa shape index (κ1) is 15.9. The molecule has 4 aromatic rings. The topological polar surface area (TPSA) is 63.9 Å². The minimum atomic E-state index is 0.0495. The average Bonchev–Trinajstić information content (AvgIpc) is 2.74. The third-order valence-corrected chi connectivity index (χ3v) is 5.39. The highest BCUT2D eigenvalue weighted by molar-refractivity contribution is 5.91. The highest BCUT2D eigenvalue weighted by Gasteiger charge is 2.23. The third kappa shape index (κ3) is 2.73. The van der Waals surface area contributed by atoms with Crippen molar-refractivity contribution >= 4 is 27.5 Å². The lowest BCUT2D eigenvalue weighted by atomic mass is 10.0. The molecule has 134 valence electrons. The van der Waals surface area contributed by atoms with Gasteiger partial charge in [0.15, 0.2) is 0 Å². The Hall–Kier alpha value is -3.28. The summed E-state index contributed by atoms with van der Waals surface area (Å²) in [7, 11) is 0. The zero-order chi connectivity index (χ0) is 18.2. The van der Waals surface area contributed by atoms with Gasteiger partial charge in [0.05, 0.1) is 17.2 Å². The van der Waals surface area contributed by atoms with Gasteiger partial charge in [-0.15, -0.1) is 0 Å². The molecule has 0 aliphatic carbocycles. The van der Waals surface area contributed by atoms with Gasteiger partial charge in [0.2, 0.25) is 0 Å². The maximum atomic E-state index is 12.8. The highest BCUT2D eigenvalue weighted by atomic mass is 16.1. The van der Waals surface area contributed by atoms with Crippen LogP contribution in [0.1, 0.15) is 18.9 Å². The van der Waals surface area contributed by atoms with Crippen molar-refractivity contribution in [3.63, 3.8) is 0 Å². The smallest absolute Gasteiger partial charge is 0.261 e. The largest absolute Gasteiger partial charge is 0.356 e. The number of rotatable bonds is 2. The van der Waals surface area contributed by atoms with Crippen molar-refractivity contribution in [2.75, 3.05) is 18.0 Å². The molecule has 1 aromatic carbocycles. The van der Waals surface area contributed by atoms with Gasteiger partial charge in [-0.1, -0.05) is 12.1 Å². The summed E-state index contributed by atoms with van der Waals surface area (Å²) in [6, 6.07) is 11.7. The van der Waals surface area contributed by atoms with E-state index in [-0.39, 0.29) is 11.6 Å². The number of hydrogen-bond donors (Lipinski definition) is 0. The lowest BCUT2D eigenvalue weighted by molar-refractivity contribution is 0.385. The summed E-state index contributed by atoms with van der Waals surface area (Å²) in [5.74, 6) is 0.998. The van der Waals surface area contributed by atoms with Crippen LogP contribution >= 0.6 is 0 Å². The maximum Gasteiger partial charge on any atom is 0.261 e. The molecule has 0 bridgehead atoms. The van der Waals surface area contributed by atoms with Gasteiger partial charge in [-0.3, -0.25) is 14.3 Å². The molecular weight excluding hydrogens is 338 g/mol. The van der Waals surface area contributed by atoms with Crippen LogP contribution < -0.4 is 10.5 Å². The molecule has 0 amide bonds. The molecule has 3 aromatic heterocycles. The average molecular weight is 357 g/mol. The van der Waals surface area contributed by atoms with Gasteiger partial charge < -0.3 is 4.90 Å². The van der Waals surface area contributed by atoms with Crippen molar-refractivity contribution < 1.29 is 0 Å². The summed E-state index contributed by atoms with van der Waals surface area (Å²) in [6.07, 6.45) is 9.00. The van der Waals surface area contributed by atoms with Crippen LogP contribution in [-0.4, -0.2) is 32.6 Å². The Bertz CT molecular complexity index is 1170. The van der Waals surface area contributed by atoms with Crippen LogP contribution in [0.2, 0.25) is 0 Å². The Balaban J connectivity index is 1.42. The molecule has 0 saturated carbocycles. The van der Waals surface area contributed by atoms with Crippen molar-refractivity contribution in [2.24, 2.45) is 0 Å². The van der Waals surface area contributed by atoms with E-state index in [0.29, 0.717) is 5.39 Å². The number of pyridine rings is 2. The number of piperidine rings is 1. The predicted octanol–water partition coefficient (Wildman–Crippen LogP) is 3.18. The maximum absolute atomic E-state index is 12.8. The molecule has 4 heterocycles. The lowest BCUT2D eigenvalue weighted by Gasteiger charge is -2.34. The van der Waals surface area contributed by atoms with Crippen molar-refractivity contribution in [2.45, 2.75) is 18.9 Å². The molecule has 1 saturated heterocycles. The summed E-state index contributed by atoms with van der Waals surface area (Å²) in [5.41, 5.74) is 0.804. The first-order chi connectivity index (χ1) is 13.3. The lowest BCUT2D eigenvalue weighted by Crippen LogP contribution is -2.38. The molecule has 6 heteroatoms. The van der Waals surface area contributed by atoms with E-state index in [9.17, 15) is 4.79 Å². The van der Waals surface area contributed by atoms with Gasteiger partial charge in [-0.2, -0.15) is 0 Å². The Labute approximate surface area is 156 Å². The molecule has 6 nitrogen and oxygen atoms in total. The van der Waals surface area contributed by atoms with E-state index in [4.69, 9.17) is 0 Å². The van der Waals surface area contributed by atoms with Gasteiger partial charge in [0, 0.05) is 48.5 Å². The standard InChI is InChI=1S/C21H19N5O/c27-21-18-3-1-2-4-19(18)24-14-26(21)16-7-11-25(12-8-16)20-17-6-9-22-13-15(17)5-10-23-20/h1-6,9-10,13-14,16H,7-8,11-12H2. The number of hydrogen-bond acceptors (Lipinski definition) is 5. The third-order valence-electron chi connectivity index (χ3n) is 5.39. The van der Waals surface area contributed by atoms with E-state index in [1.54, 1.807) is 17.1 Å². The first-order valence-corrected chi connectivity index (χ1v) is 9.21. The highest BCUT2D eigenvalue weighted by Crippen LogP contribution is 2.29. The summed E-state index contributed by atoms with van der Waals surface area (Å²) in [4.78, 5) is 28.4. The molecule has 1 fully saturated rings. The molecule has 0 atom stereocenters. The first-order valence-electron chi connectivity index (χ1n) is 9.21. The predicted molar refractivity (Wildman–Crippen MR) is 106 cm³/mol. The van der Waals surface area contributed by atoms with Crippen molar-refractivity contribution in [3.05, 3.63) is 71.7 Å². The van der Waals surface area contributed by atoms with E-state index >= 15 is 0 Å². The Morgan fingerprint density at radius 2 is 1.78 bits per heavy atom. The Morgan fingerprint density at radius 1 is 0.926 bits per heavy atom. The fourth-order valence-corrected chi connectivity index (χ4v) is 3.95. The monoisotopic (exact) mass is 357 g/mol. The zero-order valence-electron chi connectivity index (χ0n) is 14.8. The molecule has 1 aliphatic rings. The summed E-state index contributed by atoms with van der Waals surface area (Å²) < 4.78 is 1.81. The minimum absolute atomic E-state index is 0.0495. The van der Waals surface area contributed by atoms with Gasteiger partial charge in [0.1, 0.15) is 5.82 Å². The summed E-state index contributed by atoms with van der Waals surface area (Å²) >= 11 is 0. The van der Waals surface area contributed by atoms with Crippen LogP contribution in [0, 0.1) is 0 Å². The van der Waals surface area contributed by atoms with Crippen molar-refractivity contribution in [1.29, 1.82) is 0 Å². The van der Waals surface area contributed by atoms with E-state index in [1.165, 1.54) is 0 Å². The number of aromatic nitrogens is 4. The minimum Gasteiger partial charge on any atom is -0.356 e. The Kier molecular flexibility index (Phi) is 3.81. The van der Waals surface area contributed by atoms with Crippen LogP contribution in [0.4, 0.5) is 5.82 Å². The van der Waals surface area contributed by atoms with Gasteiger partial charge >= 0.3 is 0 Å². The number of anilines is 1. The molecule has 1 aliphatic heterocycles. The number of benzene rings is 1. The molecule has 0 N–H and O–H groups in total. The fraction of sp³-hybridized carbons (Fsp3) is 0.238. The van der Waals surface area contributed by atoms with Crippen LogP contribution in [0.3, 0.4) is 0 Å². The molecule has 0 spiro atoms. The molecule has 0 radical (unpaired) electrons. The SMILES string of the molecule is O=c1c2ccccc2ncn1C1CCN(c2nccc3cnccc23)CC1. The van der Waals surface area contributed by atoms with Crippen molar-refractivity contribution in [3.8, 4) is 0 Å². The van der Waals surface area contributed by atoms with Crippen LogP contribution in [0.15, 0.2) is 66.1 Å². The van der Waals surface area contributed by atoms with E-state index < -0.39 is 0 Å². The number of fused-ring (bicyclic) bond motifs is 2. The quantitative estimate of drug-likeness (QED) is 0.551. The molecule has 0 unspecified atom stereocenters. The van der Waals surface area contributed by atoms with Crippen LogP contribution in [-0.2, 0) is 0 Å². The summed E-state index contributed by atoms with van der Waals surface area (Å²) in [6.45, 7) is 1.72. The van der Waals surface area contributed by atoms with E-state index in [0.717, 1.165) is 48.0 Å². The van der Waals surface area contributed by atoms with Gasteiger partial charge in [-0.05, 0) is 37.1 Å². The molecular formula is C21H19N5O. The van der Waals surface area contributed by atoms with Gasteiger partial charge in [-0.25, -0.2) is 9.97 Å². The second kappa shape index (κ2) is 6.46. The fourth-order valence-electron chi connectivity index (χ4n) is 3.95. The van der Waals surface area contributed by atoms with E-state index in [1.807, 2.05) is 48.8 Å². The zero-order valence-corrected chi connectivity index (χ0v) is 14.8. The number of nitrogens with zero attached hydrogens (tertiary/aromatic N) is 5.